The number of aliphatic hydroxyl groups is 1. The van der Waals surface area contributed by atoms with Crippen LogP contribution in [0.4, 0.5) is 0 Å². The van der Waals surface area contributed by atoms with Gasteiger partial charge in [0.15, 0.2) is 5.06 Å². The Morgan fingerprint density at radius 3 is 3.09 bits per heavy atom. The molecule has 0 amide bonds. The first-order chi connectivity index (χ1) is 5.33. The van der Waals surface area contributed by atoms with E-state index in [1.807, 2.05) is 17.5 Å². The van der Waals surface area contributed by atoms with Crippen molar-refractivity contribution in [2.45, 2.75) is 6.10 Å². The number of ether oxygens (including phenoxy) is 1. The van der Waals surface area contributed by atoms with Crippen molar-refractivity contribution in [3.63, 3.8) is 0 Å². The summed E-state index contributed by atoms with van der Waals surface area (Å²) in [5.41, 5.74) is 5.18. The third-order valence-electron chi connectivity index (χ3n) is 1.19. The molecule has 0 spiro atoms. The van der Waals surface area contributed by atoms with Gasteiger partial charge < -0.3 is 15.6 Å². The summed E-state index contributed by atoms with van der Waals surface area (Å²) in [5, 5.41) is 11.7. The molecular formula is C7H11NO2S. The maximum absolute atomic E-state index is 9.01. The van der Waals surface area contributed by atoms with Gasteiger partial charge in [-0.1, -0.05) is 0 Å². The van der Waals surface area contributed by atoms with E-state index in [1.54, 1.807) is 0 Å². The van der Waals surface area contributed by atoms with Crippen molar-refractivity contribution in [3.8, 4) is 5.06 Å². The van der Waals surface area contributed by atoms with Gasteiger partial charge in [0.2, 0.25) is 0 Å². The second kappa shape index (κ2) is 4.33. The highest BCUT2D eigenvalue weighted by atomic mass is 32.1. The van der Waals surface area contributed by atoms with E-state index in [9.17, 15) is 0 Å². The fourth-order valence-corrected chi connectivity index (χ4v) is 1.18. The lowest BCUT2D eigenvalue weighted by Crippen LogP contribution is -2.26. The number of thiophene rings is 1. The Morgan fingerprint density at radius 1 is 1.73 bits per heavy atom. The van der Waals surface area contributed by atoms with E-state index in [2.05, 4.69) is 0 Å². The number of rotatable bonds is 4. The normalized spacial score (nSPS) is 12.9. The molecule has 0 aliphatic carbocycles. The highest BCUT2D eigenvalue weighted by Gasteiger charge is 2.01. The highest BCUT2D eigenvalue weighted by Crippen LogP contribution is 2.17. The Bertz CT molecular complexity index is 188. The highest BCUT2D eigenvalue weighted by molar-refractivity contribution is 7.11. The number of aliphatic hydroxyl groups excluding tert-OH is 1. The first kappa shape index (κ1) is 8.52. The van der Waals surface area contributed by atoms with Crippen molar-refractivity contribution in [1.29, 1.82) is 0 Å². The smallest absolute Gasteiger partial charge is 0.173 e. The van der Waals surface area contributed by atoms with Crippen molar-refractivity contribution < 1.29 is 9.84 Å². The third-order valence-corrected chi connectivity index (χ3v) is 1.96. The van der Waals surface area contributed by atoms with Gasteiger partial charge in [-0.25, -0.2) is 0 Å². The van der Waals surface area contributed by atoms with Crippen molar-refractivity contribution in [2.24, 2.45) is 5.73 Å². The van der Waals surface area contributed by atoms with Gasteiger partial charge in [-0.05, 0) is 17.5 Å². The fraction of sp³-hybridized carbons (Fsp3) is 0.429. The van der Waals surface area contributed by atoms with Crippen LogP contribution in [0.25, 0.3) is 0 Å². The van der Waals surface area contributed by atoms with Crippen LogP contribution < -0.4 is 10.5 Å². The maximum atomic E-state index is 9.01. The lowest BCUT2D eigenvalue weighted by atomic mass is 10.4. The van der Waals surface area contributed by atoms with E-state index in [1.165, 1.54) is 11.3 Å². The van der Waals surface area contributed by atoms with Crippen molar-refractivity contribution in [1.82, 2.24) is 0 Å². The van der Waals surface area contributed by atoms with Crippen LogP contribution in [0.3, 0.4) is 0 Å². The van der Waals surface area contributed by atoms with Crippen LogP contribution in [0.15, 0.2) is 17.5 Å². The number of hydrogen-bond donors (Lipinski definition) is 2. The van der Waals surface area contributed by atoms with Crippen LogP contribution in [0.1, 0.15) is 0 Å². The molecule has 0 fully saturated rings. The largest absolute Gasteiger partial charge is 0.481 e. The predicted octanol–water partition coefficient (Wildman–Crippen LogP) is 0.446. The van der Waals surface area contributed by atoms with Crippen molar-refractivity contribution in [3.05, 3.63) is 17.5 Å². The fourth-order valence-electron chi connectivity index (χ4n) is 0.592. The summed E-state index contributed by atoms with van der Waals surface area (Å²) < 4.78 is 5.19. The minimum atomic E-state index is -0.558. The molecule has 0 aromatic carbocycles. The molecule has 11 heavy (non-hydrogen) atoms. The van der Waals surface area contributed by atoms with E-state index in [4.69, 9.17) is 15.6 Å². The summed E-state index contributed by atoms with van der Waals surface area (Å²) in [5.74, 6) is 0. The summed E-state index contributed by atoms with van der Waals surface area (Å²) in [6.07, 6.45) is -0.558. The molecule has 1 atom stereocenters. The molecule has 62 valence electrons. The Balaban J connectivity index is 2.23. The van der Waals surface area contributed by atoms with Gasteiger partial charge in [0.25, 0.3) is 0 Å². The topological polar surface area (TPSA) is 55.5 Å². The zero-order valence-corrected chi connectivity index (χ0v) is 6.88. The Morgan fingerprint density at radius 2 is 2.55 bits per heavy atom. The van der Waals surface area contributed by atoms with Gasteiger partial charge in [0, 0.05) is 6.54 Å². The lowest BCUT2D eigenvalue weighted by molar-refractivity contribution is 0.116. The van der Waals surface area contributed by atoms with Crippen LogP contribution in [-0.2, 0) is 0 Å². The van der Waals surface area contributed by atoms with Gasteiger partial charge in [0.1, 0.15) is 12.7 Å². The molecule has 0 aliphatic rings. The lowest BCUT2D eigenvalue weighted by Gasteiger charge is -2.07. The van der Waals surface area contributed by atoms with Crippen LogP contribution in [0.5, 0.6) is 5.06 Å². The molecule has 3 N–H and O–H groups in total. The number of nitrogens with two attached hydrogens (primary N) is 1. The zero-order chi connectivity index (χ0) is 8.10. The molecule has 0 saturated heterocycles. The zero-order valence-electron chi connectivity index (χ0n) is 6.06. The van der Waals surface area contributed by atoms with Gasteiger partial charge in [0.05, 0.1) is 0 Å². The van der Waals surface area contributed by atoms with Crippen LogP contribution in [0.2, 0.25) is 0 Å². The average Bonchev–Trinajstić information content (AvgIpc) is 2.52. The van der Waals surface area contributed by atoms with Crippen LogP contribution in [-0.4, -0.2) is 24.4 Å². The minimum Gasteiger partial charge on any atom is -0.481 e. The van der Waals surface area contributed by atoms with Crippen LogP contribution >= 0.6 is 11.3 Å². The summed E-state index contributed by atoms with van der Waals surface area (Å²) >= 11 is 1.50. The predicted molar refractivity (Wildman–Crippen MR) is 44.9 cm³/mol. The molecule has 1 rings (SSSR count). The first-order valence-electron chi connectivity index (χ1n) is 3.37. The molecule has 0 saturated carbocycles. The van der Waals surface area contributed by atoms with Gasteiger partial charge >= 0.3 is 0 Å². The second-order valence-corrected chi connectivity index (χ2v) is 3.04. The Hall–Kier alpha value is -0.580. The summed E-state index contributed by atoms with van der Waals surface area (Å²) in [4.78, 5) is 0. The summed E-state index contributed by atoms with van der Waals surface area (Å²) in [7, 11) is 0. The van der Waals surface area contributed by atoms with Gasteiger partial charge in [-0.2, -0.15) is 0 Å². The molecule has 0 aliphatic heterocycles. The Labute approximate surface area is 69.4 Å². The quantitative estimate of drug-likeness (QED) is 0.695. The SMILES string of the molecule is NCC(O)COc1cccs1. The molecule has 0 radical (unpaired) electrons. The molecule has 1 heterocycles. The van der Waals surface area contributed by atoms with E-state index in [0.717, 1.165) is 5.06 Å². The molecule has 1 aromatic heterocycles. The molecule has 1 unspecified atom stereocenters. The summed E-state index contributed by atoms with van der Waals surface area (Å²) in [6, 6.07) is 3.75. The van der Waals surface area contributed by atoms with E-state index >= 15 is 0 Å². The molecule has 4 heteroatoms. The standard InChI is InChI=1S/C7H11NO2S/c8-4-6(9)5-10-7-2-1-3-11-7/h1-3,6,9H,4-5,8H2. The summed E-state index contributed by atoms with van der Waals surface area (Å²) in [6.45, 7) is 0.516. The molecule has 0 bridgehead atoms. The van der Waals surface area contributed by atoms with Gasteiger partial charge in [-0.15, -0.1) is 11.3 Å². The van der Waals surface area contributed by atoms with Crippen molar-refractivity contribution in [2.75, 3.05) is 13.2 Å². The van der Waals surface area contributed by atoms with E-state index in [0.29, 0.717) is 0 Å². The van der Waals surface area contributed by atoms with Crippen LogP contribution in [0, 0.1) is 0 Å². The van der Waals surface area contributed by atoms with Gasteiger partial charge in [-0.3, -0.25) is 0 Å². The molecular weight excluding hydrogens is 162 g/mol. The third kappa shape index (κ3) is 2.88. The molecule has 3 nitrogen and oxygen atoms in total. The van der Waals surface area contributed by atoms with E-state index in [-0.39, 0.29) is 13.2 Å². The first-order valence-corrected chi connectivity index (χ1v) is 4.25. The van der Waals surface area contributed by atoms with Crippen molar-refractivity contribution >= 4 is 11.3 Å². The van der Waals surface area contributed by atoms with E-state index < -0.39 is 6.10 Å². The second-order valence-electron chi connectivity index (χ2n) is 2.13. The maximum Gasteiger partial charge on any atom is 0.173 e. The number of hydrogen-bond acceptors (Lipinski definition) is 4. The minimum absolute atomic E-state index is 0.241. The Kier molecular flexibility index (Phi) is 3.35. The average molecular weight is 173 g/mol. The molecule has 1 aromatic rings. The monoisotopic (exact) mass is 173 g/mol.